The van der Waals surface area contributed by atoms with Crippen LogP contribution in [0.2, 0.25) is 0 Å². The second kappa shape index (κ2) is 12.1. The van der Waals surface area contributed by atoms with E-state index in [-0.39, 0.29) is 0 Å². The quantitative estimate of drug-likeness (QED) is 0.402. The van der Waals surface area contributed by atoms with Gasteiger partial charge in [-0.1, -0.05) is 24.3 Å². The highest BCUT2D eigenvalue weighted by Gasteiger charge is 2.07. The summed E-state index contributed by atoms with van der Waals surface area (Å²) in [6, 6.07) is 9.15. The van der Waals surface area contributed by atoms with Gasteiger partial charge in [0, 0.05) is 11.1 Å². The Morgan fingerprint density at radius 1 is 0.750 bits per heavy atom. The molecule has 0 bridgehead atoms. The summed E-state index contributed by atoms with van der Waals surface area (Å²) in [5, 5.41) is 0. The highest BCUT2D eigenvalue weighted by Crippen LogP contribution is 2.10. The molecular weight excluding hydrogens is 400 g/mol. The van der Waals surface area contributed by atoms with Crippen molar-refractivity contribution in [3.05, 3.63) is 35.4 Å². The van der Waals surface area contributed by atoms with E-state index >= 15 is 0 Å². The van der Waals surface area contributed by atoms with Gasteiger partial charge in [0.25, 0.3) is 0 Å². The van der Waals surface area contributed by atoms with E-state index in [1.807, 2.05) is 0 Å². The third-order valence-corrected chi connectivity index (χ3v) is 3.76. The standard InChI is InChI=1S/C12H20S2.2H2O4S/c1-13(2)9-11-5-7-12(8-6-11)10-14(3)4;2*1-5(2,3)4/h5-8H,9-10H2,1-4H3;2*(H2,1,2,3,4)/q+2;;/p-2. The van der Waals surface area contributed by atoms with Crippen LogP contribution in [0.5, 0.6) is 0 Å². The van der Waals surface area contributed by atoms with Crippen molar-refractivity contribution in [1.82, 2.24) is 0 Å². The minimum atomic E-state index is -4.92. The largest absolute Gasteiger partial charge is 0.726 e. The van der Waals surface area contributed by atoms with Gasteiger partial charge in [-0.3, -0.25) is 9.11 Å². The van der Waals surface area contributed by atoms with E-state index in [2.05, 4.69) is 49.3 Å². The Hall–Kier alpha value is -0.340. The molecule has 0 aliphatic heterocycles. The average molecular weight is 423 g/mol. The Bertz CT molecular complexity index is 576. The molecule has 142 valence electrons. The van der Waals surface area contributed by atoms with Crippen LogP contribution in [0.4, 0.5) is 0 Å². The molecule has 1 rings (SSSR count). The highest BCUT2D eigenvalue weighted by molar-refractivity contribution is 7.95. The van der Waals surface area contributed by atoms with E-state index in [0.29, 0.717) is 21.8 Å². The molecule has 0 fully saturated rings. The number of rotatable bonds is 4. The minimum absolute atomic E-state index is 0.518. The van der Waals surface area contributed by atoms with Crippen molar-refractivity contribution in [3.63, 3.8) is 0 Å². The van der Waals surface area contributed by atoms with Crippen LogP contribution in [0.3, 0.4) is 0 Å². The molecule has 8 nitrogen and oxygen atoms in total. The van der Waals surface area contributed by atoms with E-state index in [0.717, 1.165) is 0 Å². The minimum Gasteiger partial charge on any atom is -0.726 e. The number of benzene rings is 1. The summed E-state index contributed by atoms with van der Waals surface area (Å²) in [6.45, 7) is 0. The van der Waals surface area contributed by atoms with Crippen LogP contribution in [0.15, 0.2) is 24.3 Å². The summed E-state index contributed by atoms with van der Waals surface area (Å²) in [4.78, 5) is 0. The van der Waals surface area contributed by atoms with Crippen molar-refractivity contribution in [2.45, 2.75) is 11.5 Å². The molecule has 2 N–H and O–H groups in total. The van der Waals surface area contributed by atoms with Gasteiger partial charge in [-0.05, 0) is 21.8 Å². The average Bonchev–Trinajstić information content (AvgIpc) is 2.25. The predicted molar refractivity (Wildman–Crippen MR) is 96.9 cm³/mol. The molecular formula is C12H22O8S4. The fourth-order valence-electron chi connectivity index (χ4n) is 1.40. The first-order valence-corrected chi connectivity index (χ1v) is 13.3. The molecule has 0 heterocycles. The van der Waals surface area contributed by atoms with Gasteiger partial charge in [0.05, 0.1) is 25.0 Å². The monoisotopic (exact) mass is 422 g/mol. The van der Waals surface area contributed by atoms with Crippen molar-refractivity contribution in [2.75, 3.05) is 25.0 Å². The first kappa shape index (κ1) is 25.9. The van der Waals surface area contributed by atoms with Gasteiger partial charge >= 0.3 is 0 Å². The zero-order chi connectivity index (χ0) is 19.6. The molecule has 0 aliphatic rings. The maximum atomic E-state index is 8.63. The predicted octanol–water partition coefficient (Wildman–Crippen LogP) is 0.452. The molecule has 12 heteroatoms. The number of hydrogen-bond donors (Lipinski definition) is 2. The Kier molecular flexibility index (Phi) is 13.0. The first-order valence-electron chi connectivity index (χ1n) is 6.10. The summed E-state index contributed by atoms with van der Waals surface area (Å²) in [5.41, 5.74) is 2.96. The topological polar surface area (TPSA) is 155 Å². The van der Waals surface area contributed by atoms with Gasteiger partial charge in [-0.25, -0.2) is 16.8 Å². The van der Waals surface area contributed by atoms with Crippen LogP contribution in [0.25, 0.3) is 0 Å². The second-order valence-electron chi connectivity index (χ2n) is 4.93. The second-order valence-corrected chi connectivity index (χ2v) is 11.2. The number of hydrogen-bond acceptors (Lipinski definition) is 6. The lowest BCUT2D eigenvalue weighted by Gasteiger charge is -2.01. The molecule has 0 radical (unpaired) electrons. The van der Waals surface area contributed by atoms with Crippen LogP contribution in [-0.4, -0.2) is 60.1 Å². The van der Waals surface area contributed by atoms with Crippen LogP contribution in [0, 0.1) is 0 Å². The van der Waals surface area contributed by atoms with Crippen LogP contribution in [0.1, 0.15) is 11.1 Å². The van der Waals surface area contributed by atoms with Crippen molar-refractivity contribution >= 4 is 42.6 Å². The third kappa shape index (κ3) is 29.6. The van der Waals surface area contributed by atoms with Gasteiger partial charge < -0.3 is 9.11 Å². The molecule has 0 atom stereocenters. The lowest BCUT2D eigenvalue weighted by molar-refractivity contribution is 0.363. The fraction of sp³-hybridized carbons (Fsp3) is 0.500. The SMILES string of the molecule is C[S+](C)Cc1ccc(C[S+](C)C)cc1.O=S(=O)([O-])O.O=S(=O)([O-])O. The molecule has 0 unspecified atom stereocenters. The lowest BCUT2D eigenvalue weighted by atomic mass is 10.2. The van der Waals surface area contributed by atoms with Crippen LogP contribution in [-0.2, 0) is 54.1 Å². The Balaban J connectivity index is 0. The molecule has 0 aliphatic carbocycles. The van der Waals surface area contributed by atoms with Gasteiger partial charge in [-0.15, -0.1) is 0 Å². The van der Waals surface area contributed by atoms with Crippen molar-refractivity contribution in [2.24, 2.45) is 0 Å². The summed E-state index contributed by atoms with van der Waals surface area (Å²) >= 11 is 0. The molecule has 0 spiro atoms. The van der Waals surface area contributed by atoms with E-state index in [9.17, 15) is 0 Å². The first-order chi connectivity index (χ1) is 10.6. The maximum Gasteiger partial charge on any atom is 0.215 e. The smallest absolute Gasteiger partial charge is 0.215 e. The third-order valence-electron chi connectivity index (χ3n) is 1.93. The molecule has 0 saturated carbocycles. The van der Waals surface area contributed by atoms with Crippen molar-refractivity contribution < 1.29 is 35.0 Å². The highest BCUT2D eigenvalue weighted by atomic mass is 32.3. The zero-order valence-electron chi connectivity index (χ0n) is 13.7. The van der Waals surface area contributed by atoms with Crippen LogP contribution >= 0.6 is 0 Å². The molecule has 0 amide bonds. The summed E-state index contributed by atoms with van der Waals surface area (Å²) in [5.74, 6) is 2.45. The molecule has 0 aromatic heterocycles. The molecule has 1 aromatic rings. The summed E-state index contributed by atoms with van der Waals surface area (Å²) < 4.78 is 65.7. The molecule has 24 heavy (non-hydrogen) atoms. The molecule has 1 aromatic carbocycles. The van der Waals surface area contributed by atoms with E-state index in [1.165, 1.54) is 22.6 Å². The Labute approximate surface area is 149 Å². The van der Waals surface area contributed by atoms with E-state index in [1.54, 1.807) is 0 Å². The van der Waals surface area contributed by atoms with Gasteiger partial charge in [-0.2, -0.15) is 0 Å². The summed E-state index contributed by atoms with van der Waals surface area (Å²) in [6.07, 6.45) is 9.18. The van der Waals surface area contributed by atoms with Crippen LogP contribution < -0.4 is 0 Å². The van der Waals surface area contributed by atoms with Crippen molar-refractivity contribution in [1.29, 1.82) is 0 Å². The fourth-order valence-corrected chi connectivity index (χ4v) is 3.12. The van der Waals surface area contributed by atoms with Gasteiger partial charge in [0.1, 0.15) is 11.5 Å². The zero-order valence-corrected chi connectivity index (χ0v) is 17.0. The Morgan fingerprint density at radius 3 is 1.04 bits per heavy atom. The van der Waals surface area contributed by atoms with Gasteiger partial charge in [0.2, 0.25) is 20.8 Å². The van der Waals surface area contributed by atoms with Crippen molar-refractivity contribution in [3.8, 4) is 0 Å². The summed E-state index contributed by atoms with van der Waals surface area (Å²) in [7, 11) is -8.80. The normalized spacial score (nSPS) is 11.4. The maximum absolute atomic E-state index is 8.63. The molecule has 0 saturated heterocycles. The Morgan fingerprint density at radius 2 is 0.917 bits per heavy atom. The van der Waals surface area contributed by atoms with Gasteiger partial charge in [0.15, 0.2) is 0 Å². The van der Waals surface area contributed by atoms with E-state index < -0.39 is 20.8 Å². The lowest BCUT2D eigenvalue weighted by Crippen LogP contribution is -2.01. The van der Waals surface area contributed by atoms with E-state index in [4.69, 9.17) is 35.0 Å².